The third kappa shape index (κ3) is 6.70. The molecule has 0 spiro atoms. The molecule has 0 aliphatic rings. The smallest absolute Gasteiger partial charge is 0.265 e. The van der Waals surface area contributed by atoms with Gasteiger partial charge in [-0.1, -0.05) is 65.0 Å². The number of nitrogens with one attached hydrogen (secondary N) is 2. The van der Waals surface area contributed by atoms with E-state index in [9.17, 15) is 9.59 Å². The molecule has 1 atom stereocenters. The van der Waals surface area contributed by atoms with Gasteiger partial charge in [-0.05, 0) is 71.8 Å². The number of carbonyl (C=O) groups is 2. The molecule has 34 heavy (non-hydrogen) atoms. The lowest BCUT2D eigenvalue weighted by Crippen LogP contribution is -2.30. The van der Waals surface area contributed by atoms with Crippen LogP contribution in [-0.2, 0) is 10.2 Å². The van der Waals surface area contributed by atoms with Gasteiger partial charge in [-0.25, -0.2) is 0 Å². The minimum absolute atomic E-state index is 0.0277. The van der Waals surface area contributed by atoms with Crippen LogP contribution < -0.4 is 15.4 Å². The molecule has 5 nitrogen and oxygen atoms in total. The Hall–Kier alpha value is -3.60. The van der Waals surface area contributed by atoms with Gasteiger partial charge in [0, 0.05) is 16.9 Å². The summed E-state index contributed by atoms with van der Waals surface area (Å²) in [5.41, 5.74) is 4.17. The zero-order valence-corrected chi connectivity index (χ0v) is 20.8. The average Bonchev–Trinajstić information content (AvgIpc) is 2.79. The number of ether oxygens (including phenoxy) is 1. The Labute approximate surface area is 202 Å². The lowest BCUT2D eigenvalue weighted by Gasteiger charge is -2.19. The van der Waals surface area contributed by atoms with Crippen molar-refractivity contribution in [2.45, 2.75) is 59.0 Å². The predicted molar refractivity (Wildman–Crippen MR) is 139 cm³/mol. The molecule has 0 saturated carbocycles. The van der Waals surface area contributed by atoms with E-state index in [0.29, 0.717) is 28.6 Å². The fraction of sp³-hybridized carbons (Fsp3) is 0.310. The van der Waals surface area contributed by atoms with Crippen molar-refractivity contribution in [2.24, 2.45) is 0 Å². The lowest BCUT2D eigenvalue weighted by molar-refractivity contribution is -0.122. The first-order valence-electron chi connectivity index (χ1n) is 11.6. The minimum Gasteiger partial charge on any atom is -0.481 e. The van der Waals surface area contributed by atoms with Crippen molar-refractivity contribution in [3.63, 3.8) is 0 Å². The van der Waals surface area contributed by atoms with Crippen molar-refractivity contribution in [3.05, 3.63) is 89.5 Å². The van der Waals surface area contributed by atoms with E-state index in [1.165, 1.54) is 11.1 Å². The Morgan fingerprint density at radius 3 is 1.94 bits per heavy atom. The standard InChI is InChI=1S/C29H34N2O3/c1-19(2)21-12-16-26(17-13-21)34-20(3)27(32)30-24-8-7-9-25(18-24)31-28(33)22-10-14-23(15-11-22)29(4,5)6/h7-20H,1-6H3,(H,30,32)(H,31,33). The lowest BCUT2D eigenvalue weighted by atomic mass is 9.87. The number of amides is 2. The van der Waals surface area contributed by atoms with Crippen LogP contribution in [0.4, 0.5) is 11.4 Å². The second-order valence-electron chi connectivity index (χ2n) is 9.84. The van der Waals surface area contributed by atoms with E-state index < -0.39 is 6.10 Å². The molecule has 2 N–H and O–H groups in total. The maximum atomic E-state index is 12.7. The van der Waals surface area contributed by atoms with Gasteiger partial charge < -0.3 is 15.4 Å². The summed E-state index contributed by atoms with van der Waals surface area (Å²) in [7, 11) is 0. The molecule has 3 aromatic carbocycles. The summed E-state index contributed by atoms with van der Waals surface area (Å²) in [6, 6.07) is 22.4. The zero-order valence-electron chi connectivity index (χ0n) is 20.8. The second kappa shape index (κ2) is 10.6. The molecule has 0 aliphatic heterocycles. The van der Waals surface area contributed by atoms with Crippen LogP contribution in [0.3, 0.4) is 0 Å². The fourth-order valence-electron chi connectivity index (χ4n) is 3.43. The van der Waals surface area contributed by atoms with Crippen LogP contribution in [-0.4, -0.2) is 17.9 Å². The highest BCUT2D eigenvalue weighted by atomic mass is 16.5. The maximum Gasteiger partial charge on any atom is 0.265 e. The first-order chi connectivity index (χ1) is 16.0. The van der Waals surface area contributed by atoms with Gasteiger partial charge in [0.05, 0.1) is 0 Å². The number of hydrogen-bond donors (Lipinski definition) is 2. The van der Waals surface area contributed by atoms with Gasteiger partial charge in [-0.2, -0.15) is 0 Å². The van der Waals surface area contributed by atoms with Crippen molar-refractivity contribution in [1.29, 1.82) is 0 Å². The predicted octanol–water partition coefficient (Wildman–Crippen LogP) is 6.77. The maximum absolute atomic E-state index is 12.7. The Morgan fingerprint density at radius 1 is 0.794 bits per heavy atom. The Bertz CT molecular complexity index is 1130. The van der Waals surface area contributed by atoms with Crippen molar-refractivity contribution in [3.8, 4) is 5.75 Å². The third-order valence-corrected chi connectivity index (χ3v) is 5.63. The summed E-state index contributed by atoms with van der Waals surface area (Å²) < 4.78 is 5.79. The van der Waals surface area contributed by atoms with Crippen LogP contribution in [0.15, 0.2) is 72.8 Å². The first-order valence-corrected chi connectivity index (χ1v) is 11.6. The molecule has 178 valence electrons. The molecule has 2 amide bonds. The first kappa shape index (κ1) is 25.0. The molecule has 0 fully saturated rings. The number of hydrogen-bond acceptors (Lipinski definition) is 3. The number of benzene rings is 3. The summed E-state index contributed by atoms with van der Waals surface area (Å²) >= 11 is 0. The van der Waals surface area contributed by atoms with Crippen molar-refractivity contribution < 1.29 is 14.3 Å². The zero-order chi connectivity index (χ0) is 24.9. The van der Waals surface area contributed by atoms with Gasteiger partial charge in [0.25, 0.3) is 11.8 Å². The summed E-state index contributed by atoms with van der Waals surface area (Å²) in [4.78, 5) is 25.3. The van der Waals surface area contributed by atoms with Crippen LogP contribution in [0, 0.1) is 0 Å². The van der Waals surface area contributed by atoms with Gasteiger partial charge in [0.15, 0.2) is 6.10 Å². The third-order valence-electron chi connectivity index (χ3n) is 5.63. The molecule has 0 aliphatic carbocycles. The number of anilines is 2. The molecule has 0 radical (unpaired) electrons. The average molecular weight is 459 g/mol. The summed E-state index contributed by atoms with van der Waals surface area (Å²) in [6.07, 6.45) is -0.676. The van der Waals surface area contributed by atoms with Crippen LogP contribution in [0.25, 0.3) is 0 Å². The highest BCUT2D eigenvalue weighted by Crippen LogP contribution is 2.23. The normalized spacial score (nSPS) is 12.2. The van der Waals surface area contributed by atoms with Gasteiger partial charge in [0.2, 0.25) is 0 Å². The Kier molecular flexibility index (Phi) is 7.77. The quantitative estimate of drug-likeness (QED) is 0.411. The van der Waals surface area contributed by atoms with Crippen LogP contribution >= 0.6 is 0 Å². The molecule has 3 aromatic rings. The SMILES string of the molecule is CC(Oc1ccc(C(C)C)cc1)C(=O)Nc1cccc(NC(=O)c2ccc(C(C)(C)C)cc2)c1. The molecule has 5 heteroatoms. The van der Waals surface area contributed by atoms with Crippen molar-refractivity contribution in [2.75, 3.05) is 10.6 Å². The highest BCUT2D eigenvalue weighted by molar-refractivity contribution is 6.04. The molecule has 3 rings (SSSR count). The molecule has 0 bridgehead atoms. The summed E-state index contributed by atoms with van der Waals surface area (Å²) in [5, 5.41) is 5.75. The van der Waals surface area contributed by atoms with Gasteiger partial charge in [-0.15, -0.1) is 0 Å². The van der Waals surface area contributed by atoms with E-state index >= 15 is 0 Å². The molecule has 0 saturated heterocycles. The molecular weight excluding hydrogens is 424 g/mol. The Balaban J connectivity index is 1.60. The molecular formula is C29H34N2O3. The molecule has 1 unspecified atom stereocenters. The summed E-state index contributed by atoms with van der Waals surface area (Å²) in [5.74, 6) is 0.607. The fourth-order valence-corrected chi connectivity index (χ4v) is 3.43. The van der Waals surface area contributed by atoms with E-state index in [-0.39, 0.29) is 17.2 Å². The summed E-state index contributed by atoms with van der Waals surface area (Å²) in [6.45, 7) is 12.4. The topological polar surface area (TPSA) is 67.4 Å². The van der Waals surface area contributed by atoms with E-state index in [2.05, 4.69) is 45.3 Å². The highest BCUT2D eigenvalue weighted by Gasteiger charge is 2.16. The van der Waals surface area contributed by atoms with Crippen LogP contribution in [0.1, 0.15) is 68.9 Å². The number of rotatable bonds is 7. The van der Waals surface area contributed by atoms with Crippen LogP contribution in [0.5, 0.6) is 5.75 Å². The van der Waals surface area contributed by atoms with Crippen molar-refractivity contribution in [1.82, 2.24) is 0 Å². The molecule has 0 heterocycles. The monoisotopic (exact) mass is 458 g/mol. The number of carbonyl (C=O) groups excluding carboxylic acids is 2. The van der Waals surface area contributed by atoms with Crippen molar-refractivity contribution >= 4 is 23.2 Å². The molecule has 0 aromatic heterocycles. The Morgan fingerprint density at radius 2 is 1.38 bits per heavy atom. The van der Waals surface area contributed by atoms with Gasteiger partial charge in [-0.3, -0.25) is 9.59 Å². The van der Waals surface area contributed by atoms with Gasteiger partial charge >= 0.3 is 0 Å². The van der Waals surface area contributed by atoms with E-state index in [4.69, 9.17) is 4.74 Å². The van der Waals surface area contributed by atoms with Crippen LogP contribution in [0.2, 0.25) is 0 Å². The second-order valence-corrected chi connectivity index (χ2v) is 9.84. The van der Waals surface area contributed by atoms with E-state index in [1.807, 2.05) is 48.5 Å². The van der Waals surface area contributed by atoms with Gasteiger partial charge in [0.1, 0.15) is 5.75 Å². The van der Waals surface area contributed by atoms with E-state index in [1.54, 1.807) is 31.2 Å². The van der Waals surface area contributed by atoms with E-state index in [0.717, 1.165) is 0 Å². The minimum atomic E-state index is -0.676. The largest absolute Gasteiger partial charge is 0.481 e.